The predicted octanol–water partition coefficient (Wildman–Crippen LogP) is 1.68. The summed E-state index contributed by atoms with van der Waals surface area (Å²) in [5.74, 6) is 2.75. The molecule has 1 aliphatic heterocycles. The minimum atomic E-state index is 0.884. The van der Waals surface area contributed by atoms with Crippen LogP contribution >= 0.6 is 0 Å². The van der Waals surface area contributed by atoms with E-state index < -0.39 is 0 Å². The normalized spacial score (nSPS) is 25.4. The molecule has 110 valence electrons. The van der Waals surface area contributed by atoms with Crippen LogP contribution in [0.4, 0.5) is 0 Å². The number of piperidine rings is 1. The molecule has 0 aromatic heterocycles. The molecule has 0 aromatic rings. The summed E-state index contributed by atoms with van der Waals surface area (Å²) in [6, 6.07) is 0. The fourth-order valence-electron chi connectivity index (χ4n) is 2.78. The highest BCUT2D eigenvalue weighted by Crippen LogP contribution is 2.27. The zero-order valence-corrected chi connectivity index (χ0v) is 12.6. The Balaban J connectivity index is 1.52. The van der Waals surface area contributed by atoms with E-state index in [-0.39, 0.29) is 0 Å². The van der Waals surface area contributed by atoms with E-state index in [0.717, 1.165) is 30.9 Å². The summed E-state index contributed by atoms with van der Waals surface area (Å²) in [6.45, 7) is 8.27. The molecular formula is C15H30N4. The van der Waals surface area contributed by atoms with Crippen LogP contribution in [0, 0.1) is 11.8 Å². The molecule has 0 amide bonds. The van der Waals surface area contributed by atoms with E-state index in [1.54, 1.807) is 0 Å². The Bertz CT molecular complexity index is 286. The van der Waals surface area contributed by atoms with Crippen molar-refractivity contribution in [1.82, 2.24) is 15.5 Å². The van der Waals surface area contributed by atoms with Gasteiger partial charge in [-0.1, -0.05) is 6.92 Å². The minimum absolute atomic E-state index is 0.884. The van der Waals surface area contributed by atoms with Crippen molar-refractivity contribution in [3.63, 3.8) is 0 Å². The molecule has 0 aromatic carbocycles. The molecule has 0 spiro atoms. The first-order valence-corrected chi connectivity index (χ1v) is 7.95. The Kier molecular flexibility index (Phi) is 5.95. The lowest BCUT2D eigenvalue weighted by atomic mass is 10.0. The van der Waals surface area contributed by atoms with Crippen molar-refractivity contribution in [1.29, 1.82) is 0 Å². The van der Waals surface area contributed by atoms with Crippen molar-refractivity contribution in [2.24, 2.45) is 16.8 Å². The number of likely N-dealkylation sites (tertiary alicyclic amines) is 1. The van der Waals surface area contributed by atoms with Crippen molar-refractivity contribution >= 4 is 5.96 Å². The van der Waals surface area contributed by atoms with Crippen molar-refractivity contribution < 1.29 is 0 Å². The molecule has 2 N–H and O–H groups in total. The largest absolute Gasteiger partial charge is 0.356 e. The second-order valence-electron chi connectivity index (χ2n) is 6.22. The van der Waals surface area contributed by atoms with Crippen LogP contribution in [0.1, 0.15) is 39.0 Å². The summed E-state index contributed by atoms with van der Waals surface area (Å²) in [5.41, 5.74) is 0. The van der Waals surface area contributed by atoms with Gasteiger partial charge in [0.1, 0.15) is 0 Å². The van der Waals surface area contributed by atoms with Gasteiger partial charge in [0.25, 0.3) is 0 Å². The van der Waals surface area contributed by atoms with Crippen LogP contribution in [0.5, 0.6) is 0 Å². The first kappa shape index (κ1) is 14.6. The van der Waals surface area contributed by atoms with E-state index in [1.807, 2.05) is 7.05 Å². The number of hydrogen-bond acceptors (Lipinski definition) is 2. The average molecular weight is 266 g/mol. The highest BCUT2D eigenvalue weighted by Gasteiger charge is 2.21. The predicted molar refractivity (Wildman–Crippen MR) is 81.5 cm³/mol. The lowest BCUT2D eigenvalue weighted by Crippen LogP contribution is -2.40. The monoisotopic (exact) mass is 266 g/mol. The van der Waals surface area contributed by atoms with Gasteiger partial charge in [-0.15, -0.1) is 0 Å². The molecule has 2 fully saturated rings. The van der Waals surface area contributed by atoms with Gasteiger partial charge in [0.05, 0.1) is 0 Å². The van der Waals surface area contributed by atoms with Crippen LogP contribution < -0.4 is 10.6 Å². The maximum atomic E-state index is 4.26. The molecule has 0 bridgehead atoms. The number of rotatable bonds is 6. The zero-order chi connectivity index (χ0) is 13.5. The van der Waals surface area contributed by atoms with E-state index in [9.17, 15) is 0 Å². The van der Waals surface area contributed by atoms with Crippen LogP contribution in [0.15, 0.2) is 4.99 Å². The molecule has 1 atom stereocenters. The van der Waals surface area contributed by atoms with Gasteiger partial charge in [0.2, 0.25) is 0 Å². The Morgan fingerprint density at radius 1 is 1.26 bits per heavy atom. The summed E-state index contributed by atoms with van der Waals surface area (Å²) in [5, 5.41) is 6.82. The quantitative estimate of drug-likeness (QED) is 0.436. The number of aliphatic imine (C=N–C) groups is 1. The van der Waals surface area contributed by atoms with Crippen LogP contribution in [0.2, 0.25) is 0 Å². The summed E-state index contributed by atoms with van der Waals surface area (Å²) in [6.07, 6.45) is 6.76. The Morgan fingerprint density at radius 3 is 2.79 bits per heavy atom. The van der Waals surface area contributed by atoms with E-state index in [1.165, 1.54) is 51.7 Å². The summed E-state index contributed by atoms with van der Waals surface area (Å²) >= 11 is 0. The molecule has 1 saturated heterocycles. The van der Waals surface area contributed by atoms with Crippen LogP contribution in [0.3, 0.4) is 0 Å². The third-order valence-electron chi connectivity index (χ3n) is 4.16. The average Bonchev–Trinajstić information content (AvgIpc) is 3.22. The lowest BCUT2D eigenvalue weighted by Gasteiger charge is -2.30. The first-order valence-electron chi connectivity index (χ1n) is 7.95. The zero-order valence-electron chi connectivity index (χ0n) is 12.6. The van der Waals surface area contributed by atoms with Gasteiger partial charge in [-0.3, -0.25) is 4.99 Å². The van der Waals surface area contributed by atoms with E-state index in [4.69, 9.17) is 0 Å². The number of hydrogen-bond donors (Lipinski definition) is 2. The number of nitrogens with one attached hydrogen (secondary N) is 2. The van der Waals surface area contributed by atoms with Crippen molar-refractivity contribution in [2.45, 2.75) is 39.0 Å². The van der Waals surface area contributed by atoms with Gasteiger partial charge in [0.15, 0.2) is 5.96 Å². The van der Waals surface area contributed by atoms with Gasteiger partial charge < -0.3 is 15.5 Å². The van der Waals surface area contributed by atoms with Crippen molar-refractivity contribution in [3.05, 3.63) is 0 Å². The van der Waals surface area contributed by atoms with E-state index in [2.05, 4.69) is 27.4 Å². The van der Waals surface area contributed by atoms with E-state index in [0.29, 0.717) is 0 Å². The molecule has 1 aliphatic carbocycles. The third kappa shape index (κ3) is 5.81. The Hall–Kier alpha value is -0.770. The highest BCUT2D eigenvalue weighted by atomic mass is 15.2. The maximum Gasteiger partial charge on any atom is 0.190 e. The highest BCUT2D eigenvalue weighted by molar-refractivity contribution is 5.79. The SMILES string of the molecule is CN=C(NCCCN1CCCC(C)C1)NCC1CC1. The molecule has 1 saturated carbocycles. The van der Waals surface area contributed by atoms with E-state index >= 15 is 0 Å². The summed E-state index contributed by atoms with van der Waals surface area (Å²) in [7, 11) is 1.86. The van der Waals surface area contributed by atoms with Crippen LogP contribution in [-0.2, 0) is 0 Å². The second kappa shape index (κ2) is 7.73. The molecular weight excluding hydrogens is 236 g/mol. The maximum absolute atomic E-state index is 4.26. The summed E-state index contributed by atoms with van der Waals surface area (Å²) < 4.78 is 0. The molecule has 4 nitrogen and oxygen atoms in total. The van der Waals surface area contributed by atoms with Crippen molar-refractivity contribution in [2.75, 3.05) is 39.8 Å². The molecule has 4 heteroatoms. The molecule has 19 heavy (non-hydrogen) atoms. The van der Waals surface area contributed by atoms with Gasteiger partial charge in [-0.05, 0) is 57.0 Å². The van der Waals surface area contributed by atoms with Crippen LogP contribution in [0.25, 0.3) is 0 Å². The summed E-state index contributed by atoms with van der Waals surface area (Å²) in [4.78, 5) is 6.87. The van der Waals surface area contributed by atoms with Crippen LogP contribution in [-0.4, -0.2) is 50.6 Å². The Morgan fingerprint density at radius 2 is 2.11 bits per heavy atom. The smallest absolute Gasteiger partial charge is 0.190 e. The fourth-order valence-corrected chi connectivity index (χ4v) is 2.78. The van der Waals surface area contributed by atoms with Gasteiger partial charge in [-0.2, -0.15) is 0 Å². The van der Waals surface area contributed by atoms with Gasteiger partial charge >= 0.3 is 0 Å². The first-order chi connectivity index (χ1) is 9.28. The Labute approximate surface area is 118 Å². The molecule has 1 unspecified atom stereocenters. The fraction of sp³-hybridized carbons (Fsp3) is 0.933. The molecule has 0 radical (unpaired) electrons. The van der Waals surface area contributed by atoms with Gasteiger partial charge in [0, 0.05) is 26.7 Å². The van der Waals surface area contributed by atoms with Crippen molar-refractivity contribution in [3.8, 4) is 0 Å². The molecule has 1 heterocycles. The second-order valence-corrected chi connectivity index (χ2v) is 6.22. The number of guanidine groups is 1. The number of nitrogens with zero attached hydrogens (tertiary/aromatic N) is 2. The third-order valence-corrected chi connectivity index (χ3v) is 4.16. The standard InChI is InChI=1S/C15H30N4/c1-13-5-3-9-19(12-13)10-4-8-17-15(16-2)18-11-14-6-7-14/h13-14H,3-12H2,1-2H3,(H2,16,17,18). The topological polar surface area (TPSA) is 39.7 Å². The molecule has 2 rings (SSSR count). The van der Waals surface area contributed by atoms with Gasteiger partial charge in [-0.25, -0.2) is 0 Å². The minimum Gasteiger partial charge on any atom is -0.356 e. The lowest BCUT2D eigenvalue weighted by molar-refractivity contribution is 0.182. The molecule has 2 aliphatic rings.